The highest BCUT2D eigenvalue weighted by atomic mass is 16.7. The largest absolute Gasteiger partial charge is 0.494 e. The Morgan fingerprint density at radius 2 is 2.15 bits per heavy atom. The first-order valence-corrected chi connectivity index (χ1v) is 6.77. The standard InChI is InChI=1S/C15H19NO4/c1-3-4-9-19-12-7-5-11(6-8-12)13-10-15(2,14(17)18)20-16-13/h5-8H,3-4,9-10H2,1-2H3,(H,17,18)/t15-/m0/s1. The van der Waals surface area contributed by atoms with Gasteiger partial charge in [-0.25, -0.2) is 4.79 Å². The number of carboxylic acids is 1. The summed E-state index contributed by atoms with van der Waals surface area (Å²) in [6.45, 7) is 4.34. The lowest BCUT2D eigenvalue weighted by Gasteiger charge is -2.14. The number of aliphatic carboxylic acids is 1. The van der Waals surface area contributed by atoms with Crippen LogP contribution >= 0.6 is 0 Å². The quantitative estimate of drug-likeness (QED) is 0.812. The van der Waals surface area contributed by atoms with E-state index in [9.17, 15) is 4.79 Å². The van der Waals surface area contributed by atoms with Crippen LogP contribution in [0.3, 0.4) is 0 Å². The van der Waals surface area contributed by atoms with Gasteiger partial charge in [0.2, 0.25) is 5.60 Å². The molecule has 0 fully saturated rings. The van der Waals surface area contributed by atoms with Crippen molar-refractivity contribution in [1.82, 2.24) is 0 Å². The highest BCUT2D eigenvalue weighted by molar-refractivity contribution is 6.04. The second kappa shape index (κ2) is 5.94. The van der Waals surface area contributed by atoms with Crippen molar-refractivity contribution < 1.29 is 19.5 Å². The van der Waals surface area contributed by atoms with Gasteiger partial charge in [-0.2, -0.15) is 0 Å². The lowest BCUT2D eigenvalue weighted by Crippen LogP contribution is -2.35. The van der Waals surface area contributed by atoms with E-state index in [0.29, 0.717) is 12.3 Å². The molecule has 0 unspecified atom stereocenters. The highest BCUT2D eigenvalue weighted by Crippen LogP contribution is 2.27. The van der Waals surface area contributed by atoms with Crippen LogP contribution in [-0.4, -0.2) is 29.0 Å². The summed E-state index contributed by atoms with van der Waals surface area (Å²) in [5, 5.41) is 13.0. The fraction of sp³-hybridized carbons (Fsp3) is 0.467. The van der Waals surface area contributed by atoms with Crippen LogP contribution in [0.1, 0.15) is 38.7 Å². The number of benzene rings is 1. The number of unbranched alkanes of at least 4 members (excludes halogenated alkanes) is 1. The molecule has 5 nitrogen and oxygen atoms in total. The molecule has 1 aromatic carbocycles. The first-order valence-electron chi connectivity index (χ1n) is 6.77. The van der Waals surface area contributed by atoms with Gasteiger partial charge < -0.3 is 14.7 Å². The molecule has 1 aliphatic rings. The molecule has 108 valence electrons. The second-order valence-electron chi connectivity index (χ2n) is 5.07. The van der Waals surface area contributed by atoms with Crippen molar-refractivity contribution >= 4 is 11.7 Å². The molecular formula is C15H19NO4. The Labute approximate surface area is 118 Å². The number of rotatable bonds is 6. The maximum Gasteiger partial charge on any atom is 0.351 e. The molecule has 0 bridgehead atoms. The van der Waals surface area contributed by atoms with E-state index < -0.39 is 11.6 Å². The van der Waals surface area contributed by atoms with Crippen molar-refractivity contribution in [3.05, 3.63) is 29.8 Å². The zero-order chi connectivity index (χ0) is 14.6. The van der Waals surface area contributed by atoms with Gasteiger partial charge in [0.05, 0.1) is 12.3 Å². The predicted octanol–water partition coefficient (Wildman–Crippen LogP) is 2.83. The smallest absolute Gasteiger partial charge is 0.351 e. The number of nitrogens with zero attached hydrogens (tertiary/aromatic N) is 1. The van der Waals surface area contributed by atoms with E-state index in [0.717, 1.165) is 24.2 Å². The first kappa shape index (κ1) is 14.4. The number of carbonyl (C=O) groups is 1. The third-order valence-corrected chi connectivity index (χ3v) is 3.27. The summed E-state index contributed by atoms with van der Waals surface area (Å²) in [6.07, 6.45) is 2.39. The van der Waals surface area contributed by atoms with E-state index in [1.807, 2.05) is 24.3 Å². The van der Waals surface area contributed by atoms with Crippen molar-refractivity contribution in [2.75, 3.05) is 6.61 Å². The molecular weight excluding hydrogens is 258 g/mol. The minimum Gasteiger partial charge on any atom is -0.494 e. The van der Waals surface area contributed by atoms with E-state index in [4.69, 9.17) is 14.7 Å². The van der Waals surface area contributed by atoms with Crippen LogP contribution in [0, 0.1) is 0 Å². The van der Waals surface area contributed by atoms with Crippen molar-refractivity contribution in [3.8, 4) is 5.75 Å². The highest BCUT2D eigenvalue weighted by Gasteiger charge is 2.42. The van der Waals surface area contributed by atoms with Gasteiger partial charge in [-0.05, 0) is 43.2 Å². The van der Waals surface area contributed by atoms with Crippen LogP contribution in [-0.2, 0) is 9.63 Å². The first-order chi connectivity index (χ1) is 9.55. The fourth-order valence-electron chi connectivity index (χ4n) is 1.89. The van der Waals surface area contributed by atoms with Crippen LogP contribution in [0.5, 0.6) is 5.75 Å². The molecule has 0 aromatic heterocycles. The Hall–Kier alpha value is -2.04. The summed E-state index contributed by atoms with van der Waals surface area (Å²) in [5.74, 6) is -0.196. The van der Waals surface area contributed by atoms with Crippen molar-refractivity contribution in [2.45, 2.75) is 38.7 Å². The Bertz CT molecular complexity index is 509. The van der Waals surface area contributed by atoms with Crippen LogP contribution in [0.2, 0.25) is 0 Å². The van der Waals surface area contributed by atoms with Gasteiger partial charge >= 0.3 is 5.97 Å². The topological polar surface area (TPSA) is 68.1 Å². The molecule has 1 aromatic rings. The lowest BCUT2D eigenvalue weighted by molar-refractivity contribution is -0.160. The SMILES string of the molecule is CCCCOc1ccc(C2=NO[C@](C)(C(=O)O)C2)cc1. The molecule has 0 aliphatic carbocycles. The summed E-state index contributed by atoms with van der Waals surface area (Å²) in [5.41, 5.74) is 0.249. The molecule has 0 radical (unpaired) electrons. The normalized spacial score (nSPS) is 21.2. The molecule has 1 atom stereocenters. The molecule has 0 saturated heterocycles. The maximum atomic E-state index is 11.1. The molecule has 1 heterocycles. The van der Waals surface area contributed by atoms with Crippen molar-refractivity contribution in [3.63, 3.8) is 0 Å². The van der Waals surface area contributed by atoms with E-state index in [1.54, 1.807) is 0 Å². The van der Waals surface area contributed by atoms with E-state index in [1.165, 1.54) is 6.92 Å². The molecule has 0 saturated carbocycles. The third kappa shape index (κ3) is 3.10. The molecule has 20 heavy (non-hydrogen) atoms. The molecule has 1 N–H and O–H groups in total. The summed E-state index contributed by atoms with van der Waals surface area (Å²) in [7, 11) is 0. The summed E-state index contributed by atoms with van der Waals surface area (Å²) in [4.78, 5) is 16.1. The predicted molar refractivity (Wildman–Crippen MR) is 75.1 cm³/mol. The minimum atomic E-state index is -1.26. The summed E-state index contributed by atoms with van der Waals surface area (Å²) in [6, 6.07) is 7.47. The van der Waals surface area contributed by atoms with Crippen LogP contribution in [0.25, 0.3) is 0 Å². The van der Waals surface area contributed by atoms with E-state index in [2.05, 4.69) is 12.1 Å². The van der Waals surface area contributed by atoms with E-state index in [-0.39, 0.29) is 6.42 Å². The van der Waals surface area contributed by atoms with Gasteiger partial charge in [-0.15, -0.1) is 0 Å². The Balaban J connectivity index is 1.99. The summed E-state index contributed by atoms with van der Waals surface area (Å²) >= 11 is 0. The van der Waals surface area contributed by atoms with Crippen LogP contribution in [0.15, 0.2) is 29.4 Å². The van der Waals surface area contributed by atoms with Gasteiger partial charge in [0.1, 0.15) is 5.75 Å². The average Bonchev–Trinajstić information content (AvgIpc) is 2.84. The van der Waals surface area contributed by atoms with Gasteiger partial charge in [-0.3, -0.25) is 0 Å². The lowest BCUT2D eigenvalue weighted by atomic mass is 9.96. The molecule has 2 rings (SSSR count). The van der Waals surface area contributed by atoms with Gasteiger partial charge in [-0.1, -0.05) is 18.5 Å². The molecule has 1 aliphatic heterocycles. The second-order valence-corrected chi connectivity index (χ2v) is 5.07. The monoisotopic (exact) mass is 277 g/mol. The molecule has 0 spiro atoms. The number of ether oxygens (including phenoxy) is 1. The van der Waals surface area contributed by atoms with Crippen LogP contribution < -0.4 is 4.74 Å². The number of oxime groups is 1. The Morgan fingerprint density at radius 1 is 1.45 bits per heavy atom. The fourth-order valence-corrected chi connectivity index (χ4v) is 1.89. The molecule has 5 heteroatoms. The van der Waals surface area contributed by atoms with Gasteiger partial charge in [0.15, 0.2) is 0 Å². The summed E-state index contributed by atoms with van der Waals surface area (Å²) < 4.78 is 5.58. The molecule has 0 amide bonds. The zero-order valence-electron chi connectivity index (χ0n) is 11.8. The van der Waals surface area contributed by atoms with Crippen molar-refractivity contribution in [1.29, 1.82) is 0 Å². The minimum absolute atomic E-state index is 0.262. The zero-order valence-corrected chi connectivity index (χ0v) is 11.8. The average molecular weight is 277 g/mol. The Morgan fingerprint density at radius 3 is 2.70 bits per heavy atom. The third-order valence-electron chi connectivity index (χ3n) is 3.27. The van der Waals surface area contributed by atoms with Gasteiger partial charge in [0, 0.05) is 6.42 Å². The van der Waals surface area contributed by atoms with E-state index >= 15 is 0 Å². The number of hydrogen-bond acceptors (Lipinski definition) is 4. The Kier molecular flexibility index (Phi) is 4.27. The van der Waals surface area contributed by atoms with Crippen LogP contribution in [0.4, 0.5) is 0 Å². The number of hydrogen-bond donors (Lipinski definition) is 1. The van der Waals surface area contributed by atoms with Gasteiger partial charge in [0.25, 0.3) is 0 Å². The van der Waals surface area contributed by atoms with Crippen molar-refractivity contribution in [2.24, 2.45) is 5.16 Å². The maximum absolute atomic E-state index is 11.1. The number of carboxylic acid groups (broad SMARTS) is 1.